The van der Waals surface area contributed by atoms with Crippen LogP contribution in [0.4, 0.5) is 0 Å². The maximum atomic E-state index is 9.83. The molecule has 0 N–H and O–H groups in total. The quantitative estimate of drug-likeness (QED) is 0.523. The number of aldehydes is 2. The topological polar surface area (TPSA) is 52.6 Å². The molecule has 0 aliphatic carbocycles. The van der Waals surface area contributed by atoms with Crippen LogP contribution in [0.3, 0.4) is 0 Å². The van der Waals surface area contributed by atoms with E-state index in [1.54, 1.807) is 0 Å². The Morgan fingerprint density at radius 1 is 0.870 bits per heavy atom. The molecule has 1 rings (SSSR count). The molecule has 4 nitrogen and oxygen atoms in total. The summed E-state index contributed by atoms with van der Waals surface area (Å²) in [4.78, 5) is 19.6. The monoisotopic (exact) mass is 328 g/mol. The third kappa shape index (κ3) is 12.4. The molecule has 23 heavy (non-hydrogen) atoms. The first kappa shape index (κ1) is 24.6. The van der Waals surface area contributed by atoms with Gasteiger partial charge in [-0.3, -0.25) is 0 Å². The fourth-order valence-corrected chi connectivity index (χ4v) is 1.39. The molecule has 0 saturated carbocycles. The van der Waals surface area contributed by atoms with E-state index in [4.69, 9.17) is 9.31 Å². The van der Waals surface area contributed by atoms with Crippen LogP contribution in [0.15, 0.2) is 0 Å². The molecule has 1 fully saturated rings. The largest absolute Gasteiger partial charge is 0.454 e. The van der Waals surface area contributed by atoms with Crippen LogP contribution < -0.4 is 0 Å². The SMILES string of the molecule is CB1OC(C)(C)C(C)(C)O1.CC(C)(C)C=O.CC(C)(C)CC=O. The second-order valence-corrected chi connectivity index (χ2v) is 9.24. The lowest BCUT2D eigenvalue weighted by molar-refractivity contribution is -0.114. The van der Waals surface area contributed by atoms with E-state index in [-0.39, 0.29) is 29.2 Å². The van der Waals surface area contributed by atoms with Gasteiger partial charge in [-0.25, -0.2) is 0 Å². The van der Waals surface area contributed by atoms with Crippen LogP contribution in [0.2, 0.25) is 6.82 Å². The minimum Gasteiger partial charge on any atom is -0.403 e. The highest BCUT2D eigenvalue weighted by molar-refractivity contribution is 6.43. The highest BCUT2D eigenvalue weighted by atomic mass is 16.7. The third-order valence-corrected chi connectivity index (χ3v) is 3.42. The van der Waals surface area contributed by atoms with Crippen LogP contribution in [-0.4, -0.2) is 30.9 Å². The minimum atomic E-state index is -0.160. The predicted molar refractivity (Wildman–Crippen MR) is 97.6 cm³/mol. The van der Waals surface area contributed by atoms with Crippen molar-refractivity contribution in [2.24, 2.45) is 10.8 Å². The van der Waals surface area contributed by atoms with E-state index in [1.807, 2.05) is 48.4 Å². The van der Waals surface area contributed by atoms with Crippen LogP contribution >= 0.6 is 0 Å². The van der Waals surface area contributed by atoms with Crippen LogP contribution in [-0.2, 0) is 18.9 Å². The zero-order chi connectivity index (χ0) is 19.1. The lowest BCUT2D eigenvalue weighted by Gasteiger charge is -2.32. The van der Waals surface area contributed by atoms with Crippen LogP contribution in [0.5, 0.6) is 0 Å². The molecule has 1 aliphatic heterocycles. The van der Waals surface area contributed by atoms with Crippen molar-refractivity contribution in [2.45, 2.75) is 93.7 Å². The molecule has 0 spiro atoms. The van der Waals surface area contributed by atoms with Crippen molar-refractivity contribution in [1.82, 2.24) is 0 Å². The third-order valence-electron chi connectivity index (χ3n) is 3.42. The van der Waals surface area contributed by atoms with Crippen molar-refractivity contribution in [3.8, 4) is 0 Å². The molecular weight excluding hydrogens is 291 g/mol. The van der Waals surface area contributed by atoms with Crippen molar-refractivity contribution in [3.63, 3.8) is 0 Å². The number of rotatable bonds is 1. The van der Waals surface area contributed by atoms with E-state index < -0.39 is 0 Å². The molecule has 0 aromatic rings. The van der Waals surface area contributed by atoms with Gasteiger partial charge in [0.25, 0.3) is 0 Å². The first-order valence-electron chi connectivity index (χ1n) is 8.23. The van der Waals surface area contributed by atoms with E-state index in [9.17, 15) is 9.59 Å². The summed E-state index contributed by atoms with van der Waals surface area (Å²) in [5.41, 5.74) is -0.277. The summed E-state index contributed by atoms with van der Waals surface area (Å²) < 4.78 is 11.1. The van der Waals surface area contributed by atoms with Gasteiger partial charge in [0.05, 0.1) is 11.2 Å². The van der Waals surface area contributed by atoms with Gasteiger partial charge in [0.15, 0.2) is 0 Å². The molecule has 0 atom stereocenters. The Kier molecular flexibility index (Phi) is 9.59. The fourth-order valence-electron chi connectivity index (χ4n) is 1.39. The first-order valence-corrected chi connectivity index (χ1v) is 8.23. The van der Waals surface area contributed by atoms with Gasteiger partial charge in [-0.1, -0.05) is 41.5 Å². The Morgan fingerprint density at radius 2 is 1.17 bits per heavy atom. The van der Waals surface area contributed by atoms with E-state index >= 15 is 0 Å². The number of hydrogen-bond donors (Lipinski definition) is 0. The van der Waals surface area contributed by atoms with Crippen LogP contribution in [0, 0.1) is 10.8 Å². The summed E-state index contributed by atoms with van der Waals surface area (Å²) in [6, 6.07) is 0. The van der Waals surface area contributed by atoms with Gasteiger partial charge >= 0.3 is 7.12 Å². The fraction of sp³-hybridized carbons (Fsp3) is 0.889. The van der Waals surface area contributed by atoms with Crippen molar-refractivity contribution in [1.29, 1.82) is 0 Å². The molecule has 136 valence electrons. The standard InChI is InChI=1S/C7H15BO2.C6H12O.C5H10O/c1-6(2)7(3,4)10-8(5)9-6;1-6(2,3)4-5-7;1-5(2,3)4-6/h1-5H3;5H,4H2,1-3H3;4H,1-3H3. The smallest absolute Gasteiger partial charge is 0.403 e. The van der Waals surface area contributed by atoms with Gasteiger partial charge < -0.3 is 18.9 Å². The van der Waals surface area contributed by atoms with Gasteiger partial charge in [-0.05, 0) is 39.9 Å². The summed E-state index contributed by atoms with van der Waals surface area (Å²) in [7, 11) is -0.0648. The Bertz CT molecular complexity index is 346. The van der Waals surface area contributed by atoms with Gasteiger partial charge in [-0.15, -0.1) is 0 Å². The molecule has 0 bridgehead atoms. The Labute approximate surface area is 143 Å². The second kappa shape index (κ2) is 8.98. The zero-order valence-corrected chi connectivity index (χ0v) is 17.1. The normalized spacial score (nSPS) is 19.0. The molecule has 1 saturated heterocycles. The predicted octanol–water partition coefficient (Wildman–Crippen LogP) is 4.56. The molecular formula is C18H37BO4. The first-order chi connectivity index (χ1) is 9.97. The zero-order valence-electron chi connectivity index (χ0n) is 17.1. The second-order valence-electron chi connectivity index (χ2n) is 9.24. The highest BCUT2D eigenvalue weighted by Crippen LogP contribution is 2.36. The summed E-state index contributed by atoms with van der Waals surface area (Å²) >= 11 is 0. The molecule has 0 radical (unpaired) electrons. The maximum absolute atomic E-state index is 9.83. The average Bonchev–Trinajstić information content (AvgIpc) is 2.44. The van der Waals surface area contributed by atoms with Crippen molar-refractivity contribution in [2.75, 3.05) is 0 Å². The van der Waals surface area contributed by atoms with E-state index in [0.717, 1.165) is 12.6 Å². The van der Waals surface area contributed by atoms with E-state index in [1.165, 1.54) is 0 Å². The minimum absolute atomic E-state index is 0.0648. The molecule has 0 aromatic heterocycles. The molecule has 0 amide bonds. The van der Waals surface area contributed by atoms with Gasteiger partial charge in [0.1, 0.15) is 12.6 Å². The Balaban J connectivity index is 0. The van der Waals surface area contributed by atoms with E-state index in [2.05, 4.69) is 27.7 Å². The lowest BCUT2D eigenvalue weighted by atomic mass is 9.90. The van der Waals surface area contributed by atoms with Gasteiger partial charge in [-0.2, -0.15) is 0 Å². The molecule has 0 aromatic carbocycles. The lowest BCUT2D eigenvalue weighted by Crippen LogP contribution is -2.41. The summed E-state index contributed by atoms with van der Waals surface area (Å²) in [5, 5.41) is 0. The van der Waals surface area contributed by atoms with Crippen LogP contribution in [0.1, 0.15) is 75.7 Å². The molecule has 0 unspecified atom stereocenters. The van der Waals surface area contributed by atoms with Gasteiger partial charge in [0, 0.05) is 11.8 Å². The average molecular weight is 328 g/mol. The van der Waals surface area contributed by atoms with Crippen molar-refractivity contribution < 1.29 is 18.9 Å². The molecule has 1 aliphatic rings. The molecule has 5 heteroatoms. The number of hydrogen-bond acceptors (Lipinski definition) is 4. The Hall–Kier alpha value is -0.675. The van der Waals surface area contributed by atoms with Crippen molar-refractivity contribution in [3.05, 3.63) is 0 Å². The summed E-state index contributed by atoms with van der Waals surface area (Å²) in [6.07, 6.45) is 2.56. The Morgan fingerprint density at radius 3 is 1.22 bits per heavy atom. The van der Waals surface area contributed by atoms with Crippen molar-refractivity contribution >= 4 is 19.7 Å². The number of carbonyl (C=O) groups excluding carboxylic acids is 2. The highest BCUT2D eigenvalue weighted by Gasteiger charge is 2.48. The molecule has 1 heterocycles. The summed E-state index contributed by atoms with van der Waals surface area (Å²) in [6.45, 7) is 21.9. The van der Waals surface area contributed by atoms with Gasteiger partial charge in [0.2, 0.25) is 0 Å². The van der Waals surface area contributed by atoms with Crippen LogP contribution in [0.25, 0.3) is 0 Å². The number of carbonyl (C=O) groups is 2. The summed E-state index contributed by atoms with van der Waals surface area (Å²) in [5.74, 6) is 0. The maximum Gasteiger partial charge on any atom is 0.454 e. The van der Waals surface area contributed by atoms with E-state index in [0.29, 0.717) is 6.42 Å².